The Morgan fingerprint density at radius 3 is 1.35 bits per heavy atom. The van der Waals surface area contributed by atoms with E-state index < -0.39 is 5.41 Å². The van der Waals surface area contributed by atoms with Gasteiger partial charge in [0.1, 0.15) is 5.41 Å². The molecule has 2 aliphatic rings. The van der Waals surface area contributed by atoms with Gasteiger partial charge in [-0.15, -0.1) is 0 Å². The van der Waals surface area contributed by atoms with Gasteiger partial charge in [-0.25, -0.2) is 0 Å². The monoisotopic (exact) mass is 770 g/mol. The summed E-state index contributed by atoms with van der Waals surface area (Å²) in [4.78, 5) is 34.4. The molecule has 8 nitrogen and oxygen atoms in total. The van der Waals surface area contributed by atoms with Gasteiger partial charge in [0.25, 0.3) is 0 Å². The van der Waals surface area contributed by atoms with Crippen molar-refractivity contribution in [2.45, 2.75) is 51.4 Å². The quantitative estimate of drug-likeness (QED) is 0.0446. The molecule has 57 heavy (non-hydrogen) atoms. The first-order valence-corrected chi connectivity index (χ1v) is 20.5. The maximum absolute atomic E-state index is 14.7. The van der Waals surface area contributed by atoms with Crippen molar-refractivity contribution >= 4 is 23.7 Å². The largest absolute Gasteiger partial charge is 0.493 e. The predicted octanol–water partition coefficient (Wildman–Crippen LogP) is 8.77. The van der Waals surface area contributed by atoms with Crippen LogP contribution in [0.25, 0.3) is 12.2 Å². The lowest BCUT2D eigenvalue weighted by Crippen LogP contribution is -2.42. The smallest absolute Gasteiger partial charge is 0.170 e. The van der Waals surface area contributed by atoms with Gasteiger partial charge in [0.05, 0.1) is 27.4 Å². The van der Waals surface area contributed by atoms with E-state index in [0.717, 1.165) is 48.2 Å². The highest BCUT2D eigenvalue weighted by atomic mass is 16.5. The molecule has 0 atom stereocenters. The van der Waals surface area contributed by atoms with Crippen LogP contribution in [0.4, 0.5) is 0 Å². The number of methoxy groups -OCH3 is 2. The molecule has 2 aliphatic heterocycles. The molecule has 4 aromatic carbocycles. The summed E-state index contributed by atoms with van der Waals surface area (Å²) in [5, 5.41) is 0. The maximum Gasteiger partial charge on any atom is 0.170 e. The van der Waals surface area contributed by atoms with Gasteiger partial charge in [0.2, 0.25) is 0 Å². The number of benzene rings is 4. The minimum absolute atomic E-state index is 0.232. The molecule has 0 spiro atoms. The maximum atomic E-state index is 14.7. The second kappa shape index (κ2) is 21.4. The zero-order valence-electron chi connectivity index (χ0n) is 33.7. The number of nitrogens with zero attached hydrogens (tertiary/aromatic N) is 2. The minimum Gasteiger partial charge on any atom is -0.493 e. The normalized spacial score (nSPS) is 15.1. The van der Waals surface area contributed by atoms with Gasteiger partial charge in [0, 0.05) is 13.1 Å². The Morgan fingerprint density at radius 2 is 0.965 bits per heavy atom. The van der Waals surface area contributed by atoms with Crippen molar-refractivity contribution in [3.8, 4) is 23.0 Å². The summed E-state index contributed by atoms with van der Waals surface area (Å²) < 4.78 is 23.6. The number of ketones is 2. The molecule has 4 aromatic rings. The third-order valence-electron chi connectivity index (χ3n) is 11.0. The van der Waals surface area contributed by atoms with Gasteiger partial charge in [-0.05, 0) is 136 Å². The van der Waals surface area contributed by atoms with Gasteiger partial charge >= 0.3 is 0 Å². The van der Waals surface area contributed by atoms with Crippen LogP contribution in [-0.2, 0) is 22.4 Å². The Labute approximate surface area is 339 Å². The van der Waals surface area contributed by atoms with E-state index in [1.165, 1.54) is 51.9 Å². The van der Waals surface area contributed by atoms with Crippen molar-refractivity contribution in [1.82, 2.24) is 9.80 Å². The fraction of sp³-hybridized carbons (Fsp3) is 0.388. The number of rotatable bonds is 22. The van der Waals surface area contributed by atoms with Crippen molar-refractivity contribution in [3.63, 3.8) is 0 Å². The summed E-state index contributed by atoms with van der Waals surface area (Å²) in [6.45, 7) is 7.93. The summed E-state index contributed by atoms with van der Waals surface area (Å²) in [6.07, 6.45) is 14.1. The number of carbonyl (C=O) groups is 2. The second-order valence-corrected chi connectivity index (χ2v) is 15.1. The van der Waals surface area contributed by atoms with Gasteiger partial charge in [-0.2, -0.15) is 0 Å². The van der Waals surface area contributed by atoms with Crippen LogP contribution in [0.2, 0.25) is 0 Å². The fourth-order valence-electron chi connectivity index (χ4n) is 7.85. The van der Waals surface area contributed by atoms with Crippen LogP contribution in [0.1, 0.15) is 60.8 Å². The number of ether oxygens (including phenoxy) is 4. The van der Waals surface area contributed by atoms with Gasteiger partial charge in [-0.1, -0.05) is 84.9 Å². The average Bonchev–Trinajstić information content (AvgIpc) is 3.98. The van der Waals surface area contributed by atoms with E-state index in [1.54, 1.807) is 38.5 Å². The molecule has 2 fully saturated rings. The number of allylic oxidation sites excluding steroid dienone is 2. The summed E-state index contributed by atoms with van der Waals surface area (Å²) in [6, 6.07) is 30.8. The molecule has 0 saturated carbocycles. The zero-order valence-corrected chi connectivity index (χ0v) is 33.7. The Balaban J connectivity index is 1.22. The van der Waals surface area contributed by atoms with Crippen molar-refractivity contribution in [2.75, 3.05) is 66.7 Å². The molecular weight excluding hydrogens is 713 g/mol. The van der Waals surface area contributed by atoms with E-state index in [0.29, 0.717) is 36.2 Å². The Hall–Kier alpha value is -5.18. The summed E-state index contributed by atoms with van der Waals surface area (Å²) in [5.41, 5.74) is 1.92. The van der Waals surface area contributed by atoms with E-state index >= 15 is 0 Å². The standard InChI is InChI=1S/C49H58N2O6/c1-54-45-35-39(19-23-43(45)56-33-13-31-50-27-9-10-28-50)21-25-47(52)49(37-41-15-5-3-6-16-41,38-42-17-7-4-8-18-42)48(53)26-22-40-20-24-44(46(36-40)55-2)57-34-14-32-51-29-11-12-30-51/h3-8,15-26,35-36H,9-14,27-34,37-38H2,1-2H3/b25-21+,26-22+. The van der Waals surface area contributed by atoms with E-state index in [2.05, 4.69) is 9.80 Å². The Bertz CT molecular complexity index is 1790. The van der Waals surface area contributed by atoms with Crippen LogP contribution in [-0.4, -0.2) is 88.1 Å². The molecule has 300 valence electrons. The fourth-order valence-corrected chi connectivity index (χ4v) is 7.85. The zero-order chi connectivity index (χ0) is 39.7. The summed E-state index contributed by atoms with van der Waals surface area (Å²) in [7, 11) is 3.24. The van der Waals surface area contributed by atoms with Crippen molar-refractivity contribution < 1.29 is 28.5 Å². The molecule has 0 bridgehead atoms. The molecule has 6 rings (SSSR count). The molecular formula is C49H58N2O6. The molecule has 0 aliphatic carbocycles. The van der Waals surface area contributed by atoms with E-state index in [1.807, 2.05) is 97.1 Å². The molecule has 2 saturated heterocycles. The molecule has 0 unspecified atom stereocenters. The number of carbonyl (C=O) groups excluding carboxylic acids is 2. The highest BCUT2D eigenvalue weighted by Crippen LogP contribution is 2.35. The van der Waals surface area contributed by atoms with E-state index in [4.69, 9.17) is 18.9 Å². The van der Waals surface area contributed by atoms with Crippen LogP contribution in [0.15, 0.2) is 109 Å². The molecule has 0 aromatic heterocycles. The lowest BCUT2D eigenvalue weighted by Gasteiger charge is -2.29. The first-order chi connectivity index (χ1) is 28.0. The summed E-state index contributed by atoms with van der Waals surface area (Å²) >= 11 is 0. The molecule has 0 radical (unpaired) electrons. The third-order valence-corrected chi connectivity index (χ3v) is 11.0. The van der Waals surface area contributed by atoms with Crippen molar-refractivity contribution in [1.29, 1.82) is 0 Å². The number of hydrogen-bond donors (Lipinski definition) is 0. The Kier molecular flexibility index (Phi) is 15.5. The average molecular weight is 771 g/mol. The topological polar surface area (TPSA) is 77.5 Å². The number of likely N-dealkylation sites (tertiary alicyclic amines) is 2. The predicted molar refractivity (Wildman–Crippen MR) is 228 cm³/mol. The van der Waals surface area contributed by atoms with Crippen molar-refractivity contribution in [3.05, 3.63) is 131 Å². The van der Waals surface area contributed by atoms with Gasteiger partial charge < -0.3 is 28.7 Å². The van der Waals surface area contributed by atoms with Crippen LogP contribution in [0, 0.1) is 5.41 Å². The highest BCUT2D eigenvalue weighted by molar-refractivity contribution is 6.17. The minimum atomic E-state index is -1.42. The molecule has 8 heteroatoms. The van der Waals surface area contributed by atoms with Gasteiger partial charge in [-0.3, -0.25) is 9.59 Å². The molecule has 0 N–H and O–H groups in total. The third kappa shape index (κ3) is 11.9. The van der Waals surface area contributed by atoms with E-state index in [9.17, 15) is 9.59 Å². The molecule has 0 amide bonds. The van der Waals surface area contributed by atoms with Crippen molar-refractivity contribution in [2.24, 2.45) is 5.41 Å². The van der Waals surface area contributed by atoms with Crippen LogP contribution in [0.3, 0.4) is 0 Å². The van der Waals surface area contributed by atoms with Gasteiger partial charge in [0.15, 0.2) is 34.6 Å². The van der Waals surface area contributed by atoms with Crippen LogP contribution >= 0.6 is 0 Å². The lowest BCUT2D eigenvalue weighted by atomic mass is 9.69. The number of hydrogen-bond acceptors (Lipinski definition) is 8. The SMILES string of the molecule is COc1cc(/C=C/C(=O)C(Cc2ccccc2)(Cc2ccccc2)C(=O)/C=C/c2ccc(OCCCN3CCCC3)c(OC)c2)ccc1OCCCN1CCCC1. The highest BCUT2D eigenvalue weighted by Gasteiger charge is 2.43. The Morgan fingerprint density at radius 1 is 0.561 bits per heavy atom. The van der Waals surface area contributed by atoms with E-state index in [-0.39, 0.29) is 24.4 Å². The second-order valence-electron chi connectivity index (χ2n) is 15.1. The first-order valence-electron chi connectivity index (χ1n) is 20.5. The summed E-state index contributed by atoms with van der Waals surface area (Å²) in [5.74, 6) is 1.97. The molecule has 2 heterocycles. The lowest BCUT2D eigenvalue weighted by molar-refractivity contribution is -0.135. The first kappa shape index (κ1) is 41.5. The van der Waals surface area contributed by atoms with Crippen LogP contribution < -0.4 is 18.9 Å². The van der Waals surface area contributed by atoms with Crippen LogP contribution in [0.5, 0.6) is 23.0 Å².